The van der Waals surface area contributed by atoms with E-state index < -0.39 is 15.9 Å². The Bertz CT molecular complexity index is 1160. The van der Waals surface area contributed by atoms with Gasteiger partial charge in [0, 0.05) is 18.7 Å². The normalized spacial score (nSPS) is 11.6. The molecule has 1 amide bonds. The zero-order valence-electron chi connectivity index (χ0n) is 16.7. The van der Waals surface area contributed by atoms with Crippen molar-refractivity contribution in [2.24, 2.45) is 0 Å². The third-order valence-electron chi connectivity index (χ3n) is 4.58. The van der Waals surface area contributed by atoms with Crippen LogP contribution in [-0.4, -0.2) is 51.9 Å². The van der Waals surface area contributed by atoms with E-state index in [2.05, 4.69) is 20.8 Å². The third-order valence-corrected chi connectivity index (χ3v) is 6.96. The second-order valence-electron chi connectivity index (χ2n) is 6.44. The smallest absolute Gasteiger partial charge is 0.255 e. The monoisotopic (exact) mass is 448 g/mol. The quantitative estimate of drug-likeness (QED) is 0.595. The summed E-state index contributed by atoms with van der Waals surface area (Å²) in [5.41, 5.74) is 2.13. The van der Waals surface area contributed by atoms with E-state index in [0.717, 1.165) is 11.3 Å². The van der Waals surface area contributed by atoms with Crippen LogP contribution in [0.5, 0.6) is 0 Å². The highest BCUT2D eigenvalue weighted by atomic mass is 35.5. The van der Waals surface area contributed by atoms with Crippen molar-refractivity contribution in [1.82, 2.24) is 24.5 Å². The van der Waals surface area contributed by atoms with Crippen molar-refractivity contribution in [3.05, 3.63) is 58.9 Å². The summed E-state index contributed by atoms with van der Waals surface area (Å²) < 4.78 is 28.4. The topological polar surface area (TPSA) is 110 Å². The molecule has 0 saturated carbocycles. The minimum absolute atomic E-state index is 0.0658. The number of aryl methyl sites for hydroxylation is 1. The van der Waals surface area contributed by atoms with Crippen LogP contribution in [0.4, 0.5) is 5.69 Å². The van der Waals surface area contributed by atoms with Crippen LogP contribution in [-0.2, 0) is 10.0 Å². The van der Waals surface area contributed by atoms with E-state index in [0.29, 0.717) is 18.7 Å². The van der Waals surface area contributed by atoms with Crippen LogP contribution in [0.2, 0.25) is 5.02 Å². The standard InChI is InChI=1S/C19H21ClN6O3S/c1-4-25(5-2)30(28,29)15-7-8-16(20)17(11-15)22-19(27)14-6-9-18(13(3)10-14)26-12-21-23-24-26/h6-12H,4-5H2,1-3H3,(H,22,27). The van der Waals surface area contributed by atoms with Crippen molar-refractivity contribution in [3.8, 4) is 5.69 Å². The molecule has 0 atom stereocenters. The molecule has 0 radical (unpaired) electrons. The summed E-state index contributed by atoms with van der Waals surface area (Å²) in [5.74, 6) is -0.416. The Balaban J connectivity index is 1.88. The number of anilines is 1. The van der Waals surface area contributed by atoms with Crippen LogP contribution < -0.4 is 5.32 Å². The lowest BCUT2D eigenvalue weighted by Crippen LogP contribution is -2.30. The van der Waals surface area contributed by atoms with Crippen LogP contribution in [0.25, 0.3) is 5.69 Å². The van der Waals surface area contributed by atoms with E-state index in [1.807, 2.05) is 6.92 Å². The van der Waals surface area contributed by atoms with Crippen molar-refractivity contribution >= 4 is 33.2 Å². The Kier molecular flexibility index (Phi) is 6.49. The average molecular weight is 449 g/mol. The molecule has 0 aliphatic rings. The lowest BCUT2D eigenvalue weighted by molar-refractivity contribution is 0.102. The lowest BCUT2D eigenvalue weighted by Gasteiger charge is -2.19. The molecule has 1 heterocycles. The summed E-state index contributed by atoms with van der Waals surface area (Å²) in [6.07, 6.45) is 1.46. The SMILES string of the molecule is CCN(CC)S(=O)(=O)c1ccc(Cl)c(NC(=O)c2ccc(-n3cnnn3)c(C)c2)c1. The molecule has 3 aromatic rings. The number of carbonyl (C=O) groups is 1. The second kappa shape index (κ2) is 8.90. The van der Waals surface area contributed by atoms with Crippen molar-refractivity contribution in [3.63, 3.8) is 0 Å². The number of halogens is 1. The van der Waals surface area contributed by atoms with Gasteiger partial charge in [0.05, 0.1) is 21.3 Å². The van der Waals surface area contributed by atoms with Gasteiger partial charge in [0.15, 0.2) is 0 Å². The van der Waals surface area contributed by atoms with Gasteiger partial charge in [0.2, 0.25) is 10.0 Å². The first-order valence-electron chi connectivity index (χ1n) is 9.23. The van der Waals surface area contributed by atoms with E-state index in [-0.39, 0.29) is 15.6 Å². The van der Waals surface area contributed by atoms with Crippen LogP contribution in [0, 0.1) is 6.92 Å². The average Bonchev–Trinajstić information content (AvgIpc) is 3.24. The van der Waals surface area contributed by atoms with Gasteiger partial charge in [-0.3, -0.25) is 4.79 Å². The van der Waals surface area contributed by atoms with Gasteiger partial charge in [-0.2, -0.15) is 4.31 Å². The summed E-state index contributed by atoms with van der Waals surface area (Å²) >= 11 is 6.20. The number of tetrazole rings is 1. The van der Waals surface area contributed by atoms with Crippen molar-refractivity contribution in [1.29, 1.82) is 0 Å². The van der Waals surface area contributed by atoms with Crippen LogP contribution in [0.1, 0.15) is 29.8 Å². The number of nitrogens with one attached hydrogen (secondary N) is 1. The predicted molar refractivity (Wildman–Crippen MR) is 113 cm³/mol. The van der Waals surface area contributed by atoms with E-state index >= 15 is 0 Å². The van der Waals surface area contributed by atoms with E-state index in [1.165, 1.54) is 33.5 Å². The fraction of sp³-hybridized carbons (Fsp3) is 0.263. The Morgan fingerprint density at radius 3 is 2.50 bits per heavy atom. The Morgan fingerprint density at radius 1 is 1.17 bits per heavy atom. The molecule has 0 unspecified atom stereocenters. The number of benzene rings is 2. The fourth-order valence-corrected chi connectivity index (χ4v) is 4.64. The minimum atomic E-state index is -3.68. The minimum Gasteiger partial charge on any atom is -0.321 e. The van der Waals surface area contributed by atoms with Gasteiger partial charge >= 0.3 is 0 Å². The molecule has 158 valence electrons. The molecule has 0 saturated heterocycles. The maximum atomic E-state index is 12.8. The first-order valence-corrected chi connectivity index (χ1v) is 11.0. The highest BCUT2D eigenvalue weighted by molar-refractivity contribution is 7.89. The summed E-state index contributed by atoms with van der Waals surface area (Å²) in [7, 11) is -3.68. The molecule has 0 aliphatic heterocycles. The molecular formula is C19H21ClN6O3S. The molecule has 3 rings (SSSR count). The van der Waals surface area contributed by atoms with Gasteiger partial charge in [-0.15, -0.1) is 5.10 Å². The maximum absolute atomic E-state index is 12.8. The van der Waals surface area contributed by atoms with E-state index in [9.17, 15) is 13.2 Å². The molecule has 0 spiro atoms. The number of amides is 1. The number of carbonyl (C=O) groups excluding carboxylic acids is 1. The number of hydrogen-bond donors (Lipinski definition) is 1. The van der Waals surface area contributed by atoms with E-state index in [1.54, 1.807) is 32.0 Å². The Morgan fingerprint density at radius 2 is 1.90 bits per heavy atom. The molecule has 0 aliphatic carbocycles. The molecule has 1 N–H and O–H groups in total. The van der Waals surface area contributed by atoms with Gasteiger partial charge < -0.3 is 5.32 Å². The summed E-state index contributed by atoms with van der Waals surface area (Å²) in [6.45, 7) is 6.05. The summed E-state index contributed by atoms with van der Waals surface area (Å²) in [5, 5.41) is 14.0. The molecule has 1 aromatic heterocycles. The van der Waals surface area contributed by atoms with Gasteiger partial charge in [-0.25, -0.2) is 13.1 Å². The predicted octanol–water partition coefficient (Wildman–Crippen LogP) is 2.91. The van der Waals surface area contributed by atoms with Crippen molar-refractivity contribution < 1.29 is 13.2 Å². The molecule has 2 aromatic carbocycles. The number of hydrogen-bond acceptors (Lipinski definition) is 6. The first kappa shape index (κ1) is 21.9. The van der Waals surface area contributed by atoms with Crippen molar-refractivity contribution in [2.75, 3.05) is 18.4 Å². The molecule has 0 bridgehead atoms. The number of aromatic nitrogens is 4. The zero-order valence-corrected chi connectivity index (χ0v) is 18.3. The number of rotatable bonds is 7. The van der Waals surface area contributed by atoms with Crippen LogP contribution in [0.3, 0.4) is 0 Å². The van der Waals surface area contributed by atoms with E-state index in [4.69, 9.17) is 11.6 Å². The number of sulfonamides is 1. The maximum Gasteiger partial charge on any atom is 0.255 e. The fourth-order valence-electron chi connectivity index (χ4n) is 2.99. The molecule has 0 fully saturated rings. The first-order chi connectivity index (χ1) is 14.3. The van der Waals surface area contributed by atoms with Gasteiger partial charge in [0.25, 0.3) is 5.91 Å². The van der Waals surface area contributed by atoms with Gasteiger partial charge in [-0.05, 0) is 59.3 Å². The summed E-state index contributed by atoms with van der Waals surface area (Å²) in [6, 6.07) is 9.30. The molecule has 9 nitrogen and oxygen atoms in total. The Labute approximate surface area is 179 Å². The lowest BCUT2D eigenvalue weighted by atomic mass is 10.1. The van der Waals surface area contributed by atoms with Crippen LogP contribution >= 0.6 is 11.6 Å². The van der Waals surface area contributed by atoms with Gasteiger partial charge in [-0.1, -0.05) is 25.4 Å². The molecule has 11 heteroatoms. The Hall–Kier alpha value is -2.82. The second-order valence-corrected chi connectivity index (χ2v) is 8.79. The largest absolute Gasteiger partial charge is 0.321 e. The van der Waals surface area contributed by atoms with Crippen LogP contribution in [0.15, 0.2) is 47.6 Å². The molecule has 30 heavy (non-hydrogen) atoms. The zero-order chi connectivity index (χ0) is 21.9. The molecular weight excluding hydrogens is 428 g/mol. The van der Waals surface area contributed by atoms with Gasteiger partial charge in [0.1, 0.15) is 6.33 Å². The van der Waals surface area contributed by atoms with Crippen molar-refractivity contribution in [2.45, 2.75) is 25.7 Å². The highest BCUT2D eigenvalue weighted by Crippen LogP contribution is 2.27. The third kappa shape index (κ3) is 4.35. The highest BCUT2D eigenvalue weighted by Gasteiger charge is 2.23. The summed E-state index contributed by atoms with van der Waals surface area (Å²) in [4.78, 5) is 12.8. The number of nitrogens with zero attached hydrogens (tertiary/aromatic N) is 5.